The number of rotatable bonds is 3. The number of esters is 1. The van der Waals surface area contributed by atoms with Crippen LogP contribution in [0.5, 0.6) is 0 Å². The molecule has 0 saturated heterocycles. The van der Waals surface area contributed by atoms with E-state index in [2.05, 4.69) is 9.72 Å². The molecule has 0 spiro atoms. The average molecular weight is 255 g/mol. The van der Waals surface area contributed by atoms with Crippen LogP contribution < -0.4 is 0 Å². The summed E-state index contributed by atoms with van der Waals surface area (Å²) in [5, 5.41) is 1.46. The summed E-state index contributed by atoms with van der Waals surface area (Å²) in [6, 6.07) is 8.38. The molecule has 1 aromatic heterocycles. The molecule has 18 heavy (non-hydrogen) atoms. The number of hydrogen-bond acceptors (Lipinski definition) is 3. The van der Waals surface area contributed by atoms with E-state index in [1.54, 1.807) is 24.3 Å². The van der Waals surface area contributed by atoms with Crippen LogP contribution in [0.25, 0.3) is 10.8 Å². The Labute approximate surface area is 100 Å². The molecule has 0 aliphatic rings. The summed E-state index contributed by atoms with van der Waals surface area (Å²) >= 11 is 0. The molecule has 1 atom stereocenters. The van der Waals surface area contributed by atoms with E-state index in [4.69, 9.17) is 0 Å². The maximum Gasteiger partial charge on any atom is 0.359 e. The highest BCUT2D eigenvalue weighted by Crippen LogP contribution is 2.15. The van der Waals surface area contributed by atoms with E-state index in [9.17, 15) is 18.0 Å². The highest BCUT2D eigenvalue weighted by Gasteiger charge is 2.24. The maximum absolute atomic E-state index is 12.6. The zero-order valence-electron chi connectivity index (χ0n) is 9.02. The second-order valence-corrected chi connectivity index (χ2v) is 3.51. The van der Waals surface area contributed by atoms with Gasteiger partial charge in [-0.05, 0) is 11.5 Å². The van der Waals surface area contributed by atoms with E-state index >= 15 is 0 Å². The average Bonchev–Trinajstić information content (AvgIpc) is 2.37. The number of alkyl halides is 3. The zero-order valence-corrected chi connectivity index (χ0v) is 9.02. The number of ether oxygens (including phenoxy) is 1. The van der Waals surface area contributed by atoms with Crippen molar-refractivity contribution >= 4 is 16.7 Å². The Balaban J connectivity index is 2.23. The lowest BCUT2D eigenvalue weighted by Gasteiger charge is -2.08. The molecule has 0 aliphatic heterocycles. The van der Waals surface area contributed by atoms with Crippen molar-refractivity contribution in [3.05, 3.63) is 42.2 Å². The van der Waals surface area contributed by atoms with Crippen molar-refractivity contribution < 1.29 is 22.7 Å². The number of carbonyl (C=O) groups excluding carboxylic acids is 1. The van der Waals surface area contributed by atoms with Gasteiger partial charge in [0.15, 0.2) is 0 Å². The quantitative estimate of drug-likeness (QED) is 0.791. The molecular weight excluding hydrogens is 247 g/mol. The smallest absolute Gasteiger partial charge is 0.359 e. The SMILES string of the molecule is O=C(OC(F)C(F)F)c1cc2ccccc2cn1. The van der Waals surface area contributed by atoms with Gasteiger partial charge in [-0.15, -0.1) is 0 Å². The zero-order chi connectivity index (χ0) is 13.1. The molecule has 1 unspecified atom stereocenters. The summed E-state index contributed by atoms with van der Waals surface area (Å²) in [5.74, 6) is -1.21. The van der Waals surface area contributed by atoms with Crippen LogP contribution in [0.15, 0.2) is 36.5 Å². The fourth-order valence-electron chi connectivity index (χ4n) is 1.41. The Hall–Kier alpha value is -2.11. The van der Waals surface area contributed by atoms with Gasteiger partial charge in [0.05, 0.1) is 0 Å². The van der Waals surface area contributed by atoms with Gasteiger partial charge in [0.25, 0.3) is 0 Å². The second kappa shape index (κ2) is 5.03. The minimum atomic E-state index is -3.37. The van der Waals surface area contributed by atoms with Crippen molar-refractivity contribution in [2.75, 3.05) is 0 Å². The first-order chi connectivity index (χ1) is 8.58. The maximum atomic E-state index is 12.6. The molecule has 0 N–H and O–H groups in total. The lowest BCUT2D eigenvalue weighted by Crippen LogP contribution is -2.21. The number of hydrogen-bond donors (Lipinski definition) is 0. The summed E-state index contributed by atoms with van der Waals surface area (Å²) in [6.45, 7) is 0. The minimum Gasteiger partial charge on any atom is -0.420 e. The normalized spacial score (nSPS) is 12.7. The van der Waals surface area contributed by atoms with Crippen LogP contribution in [0.3, 0.4) is 0 Å². The van der Waals surface area contributed by atoms with Crippen molar-refractivity contribution in [3.8, 4) is 0 Å². The number of fused-ring (bicyclic) bond motifs is 1. The third-order valence-corrected chi connectivity index (χ3v) is 2.26. The molecular formula is C12H8F3NO2. The molecule has 6 heteroatoms. The monoisotopic (exact) mass is 255 g/mol. The Kier molecular flexibility index (Phi) is 3.45. The number of benzene rings is 1. The van der Waals surface area contributed by atoms with Crippen LogP contribution in [0.4, 0.5) is 13.2 Å². The lowest BCUT2D eigenvalue weighted by molar-refractivity contribution is -0.0973. The Bertz CT molecular complexity index is 574. The van der Waals surface area contributed by atoms with Crippen LogP contribution in [0, 0.1) is 0 Å². The van der Waals surface area contributed by atoms with E-state index in [1.165, 1.54) is 12.3 Å². The molecule has 0 aliphatic carbocycles. The fourth-order valence-corrected chi connectivity index (χ4v) is 1.41. The topological polar surface area (TPSA) is 39.2 Å². The fraction of sp³-hybridized carbons (Fsp3) is 0.167. The van der Waals surface area contributed by atoms with Crippen LogP contribution in [-0.4, -0.2) is 23.7 Å². The lowest BCUT2D eigenvalue weighted by atomic mass is 10.1. The van der Waals surface area contributed by atoms with Gasteiger partial charge < -0.3 is 4.74 Å². The summed E-state index contributed by atoms with van der Waals surface area (Å²) in [4.78, 5) is 15.1. The molecule has 1 aromatic carbocycles. The largest absolute Gasteiger partial charge is 0.420 e. The first-order valence-electron chi connectivity index (χ1n) is 5.06. The van der Waals surface area contributed by atoms with Gasteiger partial charge in [0, 0.05) is 11.6 Å². The van der Waals surface area contributed by atoms with Gasteiger partial charge in [-0.1, -0.05) is 24.3 Å². The Morgan fingerprint density at radius 2 is 1.83 bits per heavy atom. The predicted octanol–water partition coefficient (Wildman–Crippen LogP) is 2.95. The Morgan fingerprint density at radius 1 is 1.17 bits per heavy atom. The van der Waals surface area contributed by atoms with E-state index in [-0.39, 0.29) is 5.69 Å². The van der Waals surface area contributed by atoms with Crippen LogP contribution >= 0.6 is 0 Å². The highest BCUT2D eigenvalue weighted by molar-refractivity contribution is 5.93. The Morgan fingerprint density at radius 3 is 2.50 bits per heavy atom. The number of pyridine rings is 1. The van der Waals surface area contributed by atoms with Gasteiger partial charge in [-0.3, -0.25) is 0 Å². The van der Waals surface area contributed by atoms with E-state index in [0.29, 0.717) is 5.39 Å². The summed E-state index contributed by atoms with van der Waals surface area (Å²) in [6.07, 6.45) is -4.91. The van der Waals surface area contributed by atoms with Gasteiger partial charge >= 0.3 is 18.8 Å². The molecule has 0 fully saturated rings. The molecule has 2 aromatic rings. The van der Waals surface area contributed by atoms with Crippen molar-refractivity contribution in [2.24, 2.45) is 0 Å². The molecule has 0 amide bonds. The molecule has 0 radical (unpaired) electrons. The van der Waals surface area contributed by atoms with Crippen molar-refractivity contribution in [2.45, 2.75) is 12.8 Å². The molecule has 0 saturated carbocycles. The van der Waals surface area contributed by atoms with Gasteiger partial charge in [0.1, 0.15) is 5.69 Å². The number of carbonyl (C=O) groups is 1. The van der Waals surface area contributed by atoms with Gasteiger partial charge in [-0.2, -0.15) is 4.39 Å². The van der Waals surface area contributed by atoms with Crippen LogP contribution in [-0.2, 0) is 4.74 Å². The van der Waals surface area contributed by atoms with Crippen LogP contribution in [0.1, 0.15) is 10.5 Å². The summed E-state index contributed by atoms with van der Waals surface area (Å²) in [5.41, 5.74) is -0.211. The predicted molar refractivity (Wildman–Crippen MR) is 58.1 cm³/mol. The minimum absolute atomic E-state index is 0.211. The van der Waals surface area contributed by atoms with E-state index in [0.717, 1.165) is 5.39 Å². The third-order valence-electron chi connectivity index (χ3n) is 2.26. The van der Waals surface area contributed by atoms with Gasteiger partial charge in [-0.25, -0.2) is 18.6 Å². The first kappa shape index (κ1) is 12.3. The molecule has 0 bridgehead atoms. The number of aromatic nitrogens is 1. The molecule has 3 nitrogen and oxygen atoms in total. The van der Waals surface area contributed by atoms with Crippen molar-refractivity contribution in [3.63, 3.8) is 0 Å². The summed E-state index contributed by atoms with van der Waals surface area (Å²) < 4.78 is 40.3. The van der Waals surface area contributed by atoms with E-state index < -0.39 is 18.8 Å². The van der Waals surface area contributed by atoms with Crippen LogP contribution in [0.2, 0.25) is 0 Å². The van der Waals surface area contributed by atoms with Gasteiger partial charge in [0.2, 0.25) is 0 Å². The second-order valence-electron chi connectivity index (χ2n) is 3.51. The van der Waals surface area contributed by atoms with Crippen molar-refractivity contribution in [1.82, 2.24) is 4.98 Å². The highest BCUT2D eigenvalue weighted by atomic mass is 19.3. The molecule has 2 rings (SSSR count). The summed E-state index contributed by atoms with van der Waals surface area (Å²) in [7, 11) is 0. The number of halogens is 3. The molecule has 1 heterocycles. The molecule has 94 valence electrons. The van der Waals surface area contributed by atoms with Crippen molar-refractivity contribution in [1.29, 1.82) is 0 Å². The third kappa shape index (κ3) is 2.58. The van der Waals surface area contributed by atoms with E-state index in [1.807, 2.05) is 0 Å². The number of nitrogens with zero attached hydrogens (tertiary/aromatic N) is 1. The standard InChI is InChI=1S/C12H8F3NO2/c13-10(14)11(15)18-12(17)9-5-7-3-1-2-4-8(7)6-16-9/h1-6,10-11H. The first-order valence-corrected chi connectivity index (χ1v) is 5.06.